The summed E-state index contributed by atoms with van der Waals surface area (Å²) in [4.78, 5) is 19.7. The Labute approximate surface area is 138 Å². The molecular formula is C14H10IN3O2S. The van der Waals surface area contributed by atoms with E-state index in [0.717, 1.165) is 20.4 Å². The van der Waals surface area contributed by atoms with E-state index >= 15 is 0 Å². The van der Waals surface area contributed by atoms with Crippen molar-refractivity contribution < 1.29 is 9.90 Å². The molecule has 0 aliphatic carbocycles. The van der Waals surface area contributed by atoms with Gasteiger partial charge in [-0.25, -0.2) is 9.97 Å². The second-order valence-electron chi connectivity index (χ2n) is 4.21. The maximum absolute atomic E-state index is 10.8. The number of fused-ring (bicyclic) bond motifs is 1. The predicted octanol–water partition coefficient (Wildman–Crippen LogP) is 3.20. The molecule has 106 valence electrons. The van der Waals surface area contributed by atoms with Crippen molar-refractivity contribution in [3.63, 3.8) is 0 Å². The third-order valence-corrected chi connectivity index (χ3v) is 4.64. The molecule has 0 saturated heterocycles. The van der Waals surface area contributed by atoms with Crippen molar-refractivity contribution >= 4 is 51.5 Å². The van der Waals surface area contributed by atoms with Crippen molar-refractivity contribution in [2.24, 2.45) is 0 Å². The Bertz CT molecular complexity index is 819. The monoisotopic (exact) mass is 411 g/mol. The first-order valence-electron chi connectivity index (χ1n) is 6.10. The molecule has 7 heteroatoms. The van der Waals surface area contributed by atoms with E-state index in [-0.39, 0.29) is 5.75 Å². The molecule has 0 aliphatic rings. The van der Waals surface area contributed by atoms with Crippen LogP contribution in [0.4, 0.5) is 0 Å². The van der Waals surface area contributed by atoms with E-state index in [9.17, 15) is 4.79 Å². The number of thioether (sulfide) groups is 1. The summed E-state index contributed by atoms with van der Waals surface area (Å²) < 4.78 is 2.96. The average molecular weight is 411 g/mol. The standard InChI is InChI=1S/C14H10IN3O2S/c15-9-4-1-2-6-11(9)18-13-10(5-3-7-16-13)17-14(18)21-8-12(19)20/h1-7H,8H2,(H,19,20). The smallest absolute Gasteiger partial charge is 0.313 e. The van der Waals surface area contributed by atoms with Crippen LogP contribution >= 0.6 is 34.4 Å². The molecule has 1 N–H and O–H groups in total. The molecule has 0 fully saturated rings. The summed E-state index contributed by atoms with van der Waals surface area (Å²) in [5.74, 6) is -0.901. The van der Waals surface area contributed by atoms with E-state index in [1.165, 1.54) is 11.8 Å². The van der Waals surface area contributed by atoms with E-state index in [2.05, 4.69) is 32.6 Å². The van der Waals surface area contributed by atoms with Gasteiger partial charge in [-0.1, -0.05) is 23.9 Å². The van der Waals surface area contributed by atoms with E-state index in [1.807, 2.05) is 41.0 Å². The third kappa shape index (κ3) is 2.88. The molecule has 2 aromatic heterocycles. The molecule has 0 aliphatic heterocycles. The number of aromatic nitrogens is 3. The van der Waals surface area contributed by atoms with Crippen LogP contribution in [0.3, 0.4) is 0 Å². The third-order valence-electron chi connectivity index (χ3n) is 2.80. The molecule has 5 nitrogen and oxygen atoms in total. The fourth-order valence-electron chi connectivity index (χ4n) is 1.96. The van der Waals surface area contributed by atoms with Gasteiger partial charge in [0.15, 0.2) is 10.8 Å². The highest BCUT2D eigenvalue weighted by Crippen LogP contribution is 2.28. The zero-order chi connectivity index (χ0) is 14.8. The van der Waals surface area contributed by atoms with E-state index < -0.39 is 5.97 Å². The number of hydrogen-bond acceptors (Lipinski definition) is 4. The maximum Gasteiger partial charge on any atom is 0.313 e. The number of carboxylic acids is 1. The van der Waals surface area contributed by atoms with Gasteiger partial charge in [-0.2, -0.15) is 0 Å². The second kappa shape index (κ2) is 6.02. The number of nitrogens with zero attached hydrogens (tertiary/aromatic N) is 3. The Morgan fingerprint density at radius 3 is 2.86 bits per heavy atom. The van der Waals surface area contributed by atoms with Crippen molar-refractivity contribution in [3.05, 3.63) is 46.2 Å². The lowest BCUT2D eigenvalue weighted by Crippen LogP contribution is -2.03. The number of benzene rings is 1. The van der Waals surface area contributed by atoms with Crippen LogP contribution in [-0.2, 0) is 4.79 Å². The molecule has 0 radical (unpaired) electrons. The lowest BCUT2D eigenvalue weighted by Gasteiger charge is -2.09. The van der Waals surface area contributed by atoms with Crippen LogP contribution in [0.5, 0.6) is 0 Å². The molecule has 0 saturated carbocycles. The van der Waals surface area contributed by atoms with Gasteiger partial charge in [0.1, 0.15) is 5.52 Å². The van der Waals surface area contributed by atoms with Gasteiger partial charge in [-0.3, -0.25) is 9.36 Å². The Morgan fingerprint density at radius 1 is 1.29 bits per heavy atom. The second-order valence-corrected chi connectivity index (χ2v) is 6.31. The number of hydrogen-bond donors (Lipinski definition) is 1. The maximum atomic E-state index is 10.8. The van der Waals surface area contributed by atoms with Crippen molar-refractivity contribution in [2.75, 3.05) is 5.75 Å². The molecule has 3 aromatic rings. The van der Waals surface area contributed by atoms with E-state index in [4.69, 9.17) is 5.11 Å². The molecular weight excluding hydrogens is 401 g/mol. The summed E-state index contributed by atoms with van der Waals surface area (Å²) in [6.07, 6.45) is 1.71. The molecule has 0 unspecified atom stereocenters. The summed E-state index contributed by atoms with van der Waals surface area (Å²) in [5.41, 5.74) is 2.44. The minimum Gasteiger partial charge on any atom is -0.481 e. The van der Waals surface area contributed by atoms with Crippen LogP contribution in [0.2, 0.25) is 0 Å². The zero-order valence-electron chi connectivity index (χ0n) is 10.7. The minimum absolute atomic E-state index is 0.0350. The van der Waals surface area contributed by atoms with Crippen molar-refractivity contribution in [1.29, 1.82) is 0 Å². The number of aliphatic carboxylic acids is 1. The number of carbonyl (C=O) groups is 1. The fraction of sp³-hybridized carbons (Fsp3) is 0.0714. The van der Waals surface area contributed by atoms with Gasteiger partial charge < -0.3 is 5.11 Å². The topological polar surface area (TPSA) is 68.0 Å². The van der Waals surface area contributed by atoms with Crippen molar-refractivity contribution in [3.8, 4) is 5.69 Å². The molecule has 2 heterocycles. The summed E-state index contributed by atoms with van der Waals surface area (Å²) in [6, 6.07) is 11.6. The first-order chi connectivity index (χ1) is 10.2. The Hall–Kier alpha value is -1.61. The number of halogens is 1. The summed E-state index contributed by atoms with van der Waals surface area (Å²) >= 11 is 3.44. The molecule has 3 rings (SSSR count). The number of carboxylic acid groups (broad SMARTS) is 1. The normalized spacial score (nSPS) is 10.9. The van der Waals surface area contributed by atoms with Gasteiger partial charge in [0.05, 0.1) is 11.4 Å². The molecule has 0 spiro atoms. The van der Waals surface area contributed by atoms with Gasteiger partial charge in [-0.15, -0.1) is 0 Å². The number of imidazole rings is 1. The molecule has 0 bridgehead atoms. The van der Waals surface area contributed by atoms with Crippen LogP contribution in [0.25, 0.3) is 16.9 Å². The number of pyridine rings is 1. The van der Waals surface area contributed by atoms with Gasteiger partial charge >= 0.3 is 5.97 Å². The van der Waals surface area contributed by atoms with Crippen LogP contribution in [0.15, 0.2) is 47.8 Å². The Morgan fingerprint density at radius 2 is 2.10 bits per heavy atom. The first kappa shape index (κ1) is 14.3. The Kier molecular flexibility index (Phi) is 4.11. The SMILES string of the molecule is O=C(O)CSc1nc2cccnc2n1-c1ccccc1I. The van der Waals surface area contributed by atoms with Gasteiger partial charge in [0.2, 0.25) is 0 Å². The summed E-state index contributed by atoms with van der Waals surface area (Å²) in [6.45, 7) is 0. The van der Waals surface area contributed by atoms with E-state index in [0.29, 0.717) is 5.16 Å². The summed E-state index contributed by atoms with van der Waals surface area (Å²) in [5, 5.41) is 9.53. The Balaban J connectivity index is 2.20. The van der Waals surface area contributed by atoms with Crippen LogP contribution in [0, 0.1) is 3.57 Å². The van der Waals surface area contributed by atoms with Crippen LogP contribution in [-0.4, -0.2) is 31.4 Å². The fourth-order valence-corrected chi connectivity index (χ4v) is 3.32. The largest absolute Gasteiger partial charge is 0.481 e. The number of rotatable bonds is 4. The summed E-state index contributed by atoms with van der Waals surface area (Å²) in [7, 11) is 0. The lowest BCUT2D eigenvalue weighted by atomic mass is 10.3. The predicted molar refractivity (Wildman–Crippen MR) is 89.9 cm³/mol. The molecule has 1 aromatic carbocycles. The van der Waals surface area contributed by atoms with Gasteiger partial charge in [-0.05, 0) is 46.9 Å². The quantitative estimate of drug-likeness (QED) is 0.528. The van der Waals surface area contributed by atoms with E-state index in [1.54, 1.807) is 6.20 Å². The van der Waals surface area contributed by atoms with Gasteiger partial charge in [0.25, 0.3) is 0 Å². The first-order valence-corrected chi connectivity index (χ1v) is 8.16. The van der Waals surface area contributed by atoms with Crippen molar-refractivity contribution in [2.45, 2.75) is 5.16 Å². The molecule has 21 heavy (non-hydrogen) atoms. The minimum atomic E-state index is -0.866. The van der Waals surface area contributed by atoms with Crippen LogP contribution < -0.4 is 0 Å². The van der Waals surface area contributed by atoms with Gasteiger partial charge in [0, 0.05) is 9.77 Å². The highest BCUT2D eigenvalue weighted by Gasteiger charge is 2.16. The van der Waals surface area contributed by atoms with Crippen molar-refractivity contribution in [1.82, 2.24) is 14.5 Å². The number of para-hydroxylation sites is 1. The molecule has 0 amide bonds. The lowest BCUT2D eigenvalue weighted by molar-refractivity contribution is -0.133. The highest BCUT2D eigenvalue weighted by molar-refractivity contribution is 14.1. The highest BCUT2D eigenvalue weighted by atomic mass is 127. The van der Waals surface area contributed by atoms with Crippen LogP contribution in [0.1, 0.15) is 0 Å². The average Bonchev–Trinajstić information content (AvgIpc) is 2.84. The zero-order valence-corrected chi connectivity index (χ0v) is 13.7. The molecule has 0 atom stereocenters.